The van der Waals surface area contributed by atoms with Crippen molar-refractivity contribution in [2.24, 2.45) is 0 Å². The van der Waals surface area contributed by atoms with E-state index >= 15 is 0 Å². The summed E-state index contributed by atoms with van der Waals surface area (Å²) in [4.78, 5) is 26.2. The molecule has 0 spiro atoms. The highest BCUT2D eigenvalue weighted by Gasteiger charge is 2.38. The molecule has 1 aliphatic heterocycles. The molecule has 2 atom stereocenters. The quantitative estimate of drug-likeness (QED) is 0.847. The minimum Gasteiger partial charge on any atom is -0.481 e. The molecule has 1 aromatic heterocycles. The number of aromatic nitrogens is 3. The summed E-state index contributed by atoms with van der Waals surface area (Å²) in [5.74, 6) is 0.668. The predicted molar refractivity (Wildman–Crippen MR) is 102 cm³/mol. The third kappa shape index (κ3) is 3.72. The number of ether oxygens (including phenoxy) is 1. The zero-order chi connectivity index (χ0) is 20.6. The number of nitrogens with zero attached hydrogens (tertiary/aromatic N) is 4. The topological polar surface area (TPSA) is 97.5 Å². The van der Waals surface area contributed by atoms with E-state index in [1.807, 2.05) is 25.1 Å². The summed E-state index contributed by atoms with van der Waals surface area (Å²) in [5, 5.41) is 17.7. The zero-order valence-electron chi connectivity index (χ0n) is 16.8. The fourth-order valence-corrected chi connectivity index (χ4v) is 3.45. The SMILES string of the molecule is Cc1ccc(C(C)C)c(OC(C)C(=O)N2Cc3nnc(C)n3CC2C(=O)O)c1. The summed E-state index contributed by atoms with van der Waals surface area (Å²) in [6.45, 7) is 9.72. The molecule has 8 nitrogen and oxygen atoms in total. The molecule has 0 aliphatic carbocycles. The molecule has 0 saturated heterocycles. The van der Waals surface area contributed by atoms with Crippen LogP contribution in [0.4, 0.5) is 0 Å². The van der Waals surface area contributed by atoms with Gasteiger partial charge in [-0.15, -0.1) is 10.2 Å². The zero-order valence-corrected chi connectivity index (χ0v) is 16.8. The number of hydrogen-bond acceptors (Lipinski definition) is 5. The van der Waals surface area contributed by atoms with Crippen LogP contribution in [0, 0.1) is 13.8 Å². The van der Waals surface area contributed by atoms with Crippen molar-refractivity contribution in [3.8, 4) is 5.75 Å². The number of fused-ring (bicyclic) bond motifs is 1. The van der Waals surface area contributed by atoms with Crippen molar-refractivity contribution >= 4 is 11.9 Å². The molecule has 1 aromatic carbocycles. The molecule has 2 aromatic rings. The number of hydrogen-bond donors (Lipinski definition) is 1. The second-order valence-electron chi connectivity index (χ2n) is 7.55. The van der Waals surface area contributed by atoms with Crippen LogP contribution in [0.1, 0.15) is 49.5 Å². The first-order valence-electron chi connectivity index (χ1n) is 9.38. The fraction of sp³-hybridized carbons (Fsp3) is 0.500. The smallest absolute Gasteiger partial charge is 0.328 e. The molecule has 0 fully saturated rings. The monoisotopic (exact) mass is 386 g/mol. The molecule has 28 heavy (non-hydrogen) atoms. The standard InChI is InChI=1S/C20H26N4O4/c1-11(2)15-7-6-12(3)8-17(15)28-13(4)19(25)24-10-18-22-21-14(5)23(18)9-16(24)20(26)27/h6-8,11,13,16H,9-10H2,1-5H3,(H,26,27). The Labute approximate surface area is 164 Å². The van der Waals surface area contributed by atoms with E-state index in [1.54, 1.807) is 18.4 Å². The Balaban J connectivity index is 1.84. The van der Waals surface area contributed by atoms with Gasteiger partial charge in [-0.1, -0.05) is 26.0 Å². The maximum absolute atomic E-state index is 13.1. The van der Waals surface area contributed by atoms with Gasteiger partial charge in [-0.05, 0) is 43.9 Å². The van der Waals surface area contributed by atoms with E-state index < -0.39 is 18.1 Å². The summed E-state index contributed by atoms with van der Waals surface area (Å²) in [6.07, 6.45) is -0.822. The van der Waals surface area contributed by atoms with E-state index in [1.165, 1.54) is 4.90 Å². The van der Waals surface area contributed by atoms with E-state index in [2.05, 4.69) is 24.0 Å². The molecule has 0 bridgehead atoms. The van der Waals surface area contributed by atoms with Crippen molar-refractivity contribution in [3.05, 3.63) is 41.0 Å². The van der Waals surface area contributed by atoms with Crippen molar-refractivity contribution in [3.63, 3.8) is 0 Å². The van der Waals surface area contributed by atoms with Crippen LogP contribution >= 0.6 is 0 Å². The molecular weight excluding hydrogens is 360 g/mol. The lowest BCUT2D eigenvalue weighted by molar-refractivity contribution is -0.155. The van der Waals surface area contributed by atoms with Crippen molar-refractivity contribution in [2.45, 2.75) is 65.8 Å². The van der Waals surface area contributed by atoms with Gasteiger partial charge >= 0.3 is 5.97 Å². The number of carboxylic acids is 1. The fourth-order valence-electron chi connectivity index (χ4n) is 3.45. The highest BCUT2D eigenvalue weighted by molar-refractivity contribution is 5.86. The lowest BCUT2D eigenvalue weighted by atomic mass is 10.0. The van der Waals surface area contributed by atoms with Crippen molar-refractivity contribution in [2.75, 3.05) is 0 Å². The molecule has 8 heteroatoms. The van der Waals surface area contributed by atoms with Gasteiger partial charge in [0.1, 0.15) is 17.6 Å². The van der Waals surface area contributed by atoms with Gasteiger partial charge in [-0.25, -0.2) is 4.79 Å². The molecule has 0 radical (unpaired) electrons. The Morgan fingerprint density at radius 3 is 2.57 bits per heavy atom. The molecule has 2 unspecified atom stereocenters. The third-order valence-corrected chi connectivity index (χ3v) is 5.07. The number of carbonyl (C=O) groups is 2. The Kier molecular flexibility index (Phi) is 5.40. The molecule has 0 saturated carbocycles. The van der Waals surface area contributed by atoms with E-state index in [9.17, 15) is 14.7 Å². The van der Waals surface area contributed by atoms with Crippen LogP contribution in [0.3, 0.4) is 0 Å². The average molecular weight is 386 g/mol. The van der Waals surface area contributed by atoms with Gasteiger partial charge < -0.3 is 19.3 Å². The highest BCUT2D eigenvalue weighted by Crippen LogP contribution is 2.29. The first-order chi connectivity index (χ1) is 13.2. The van der Waals surface area contributed by atoms with Crippen LogP contribution in [0.2, 0.25) is 0 Å². The molecule has 2 heterocycles. The Bertz CT molecular complexity index is 906. The van der Waals surface area contributed by atoms with E-state index in [-0.39, 0.29) is 24.9 Å². The number of aryl methyl sites for hydroxylation is 2. The summed E-state index contributed by atoms with van der Waals surface area (Å²) in [5.41, 5.74) is 2.04. The van der Waals surface area contributed by atoms with Crippen LogP contribution < -0.4 is 4.74 Å². The van der Waals surface area contributed by atoms with Gasteiger partial charge in [0, 0.05) is 0 Å². The number of rotatable bonds is 5. The van der Waals surface area contributed by atoms with E-state index in [4.69, 9.17) is 4.74 Å². The first-order valence-corrected chi connectivity index (χ1v) is 9.38. The normalized spacial score (nSPS) is 17.4. The van der Waals surface area contributed by atoms with Gasteiger partial charge in [0.25, 0.3) is 5.91 Å². The second-order valence-corrected chi connectivity index (χ2v) is 7.55. The van der Waals surface area contributed by atoms with Gasteiger partial charge in [0.15, 0.2) is 11.9 Å². The minimum atomic E-state index is -1.06. The van der Waals surface area contributed by atoms with Crippen LogP contribution in [-0.2, 0) is 22.7 Å². The third-order valence-electron chi connectivity index (χ3n) is 5.07. The van der Waals surface area contributed by atoms with Gasteiger partial charge in [-0.3, -0.25) is 4.79 Å². The average Bonchev–Trinajstić information content (AvgIpc) is 3.00. The van der Waals surface area contributed by atoms with Crippen molar-refractivity contribution < 1.29 is 19.4 Å². The van der Waals surface area contributed by atoms with Gasteiger partial charge in [0.2, 0.25) is 0 Å². The number of benzene rings is 1. The van der Waals surface area contributed by atoms with Crippen LogP contribution in [0.25, 0.3) is 0 Å². The summed E-state index contributed by atoms with van der Waals surface area (Å²) in [7, 11) is 0. The van der Waals surface area contributed by atoms with Crippen molar-refractivity contribution in [1.82, 2.24) is 19.7 Å². The van der Waals surface area contributed by atoms with Gasteiger partial charge in [0.05, 0.1) is 13.1 Å². The minimum absolute atomic E-state index is 0.0925. The second kappa shape index (κ2) is 7.61. The largest absolute Gasteiger partial charge is 0.481 e. The summed E-state index contributed by atoms with van der Waals surface area (Å²) >= 11 is 0. The maximum Gasteiger partial charge on any atom is 0.328 e. The molecule has 1 aliphatic rings. The number of amides is 1. The Morgan fingerprint density at radius 1 is 1.21 bits per heavy atom. The maximum atomic E-state index is 13.1. The van der Waals surface area contributed by atoms with Crippen LogP contribution in [0.15, 0.2) is 18.2 Å². The summed E-state index contributed by atoms with van der Waals surface area (Å²) in [6, 6.07) is 4.93. The lowest BCUT2D eigenvalue weighted by Gasteiger charge is -2.35. The van der Waals surface area contributed by atoms with Crippen LogP contribution in [0.5, 0.6) is 5.75 Å². The van der Waals surface area contributed by atoms with E-state index in [0.717, 1.165) is 11.1 Å². The number of carbonyl (C=O) groups excluding carboxylic acids is 1. The Hall–Kier alpha value is -2.90. The molecule has 1 amide bonds. The molecular formula is C20H26N4O4. The number of carboxylic acid groups (broad SMARTS) is 1. The van der Waals surface area contributed by atoms with E-state index in [0.29, 0.717) is 17.4 Å². The predicted octanol–water partition coefficient (Wildman–Crippen LogP) is 2.28. The van der Waals surface area contributed by atoms with Crippen LogP contribution in [-0.4, -0.2) is 48.8 Å². The highest BCUT2D eigenvalue weighted by atomic mass is 16.5. The Morgan fingerprint density at radius 2 is 1.93 bits per heavy atom. The molecule has 1 N–H and O–H groups in total. The van der Waals surface area contributed by atoms with Crippen molar-refractivity contribution in [1.29, 1.82) is 0 Å². The summed E-state index contributed by atoms with van der Waals surface area (Å²) < 4.78 is 7.74. The number of aliphatic carboxylic acids is 1. The molecule has 150 valence electrons. The lowest BCUT2D eigenvalue weighted by Crippen LogP contribution is -2.54. The molecule has 3 rings (SSSR count). The van der Waals surface area contributed by atoms with Gasteiger partial charge in [-0.2, -0.15) is 0 Å². The first kappa shape index (κ1) is 19.9.